The van der Waals surface area contributed by atoms with Crippen molar-refractivity contribution in [1.29, 1.82) is 0 Å². The monoisotopic (exact) mass is 488 g/mol. The van der Waals surface area contributed by atoms with Crippen molar-refractivity contribution in [1.82, 2.24) is 19.3 Å². The molecule has 1 atom stereocenters. The van der Waals surface area contributed by atoms with Crippen LogP contribution in [0.2, 0.25) is 0 Å². The smallest absolute Gasteiger partial charge is 0.248 e. The molecule has 1 fully saturated rings. The first kappa shape index (κ1) is 24.4. The summed E-state index contributed by atoms with van der Waals surface area (Å²) in [5.41, 5.74) is 2.48. The van der Waals surface area contributed by atoms with E-state index in [0.717, 1.165) is 11.1 Å². The number of fused-ring (bicyclic) bond motifs is 1. The molecule has 2 aliphatic heterocycles. The largest absolute Gasteiger partial charge is 0.360 e. The summed E-state index contributed by atoms with van der Waals surface area (Å²) in [5, 5.41) is 3.76. The predicted octanol–water partition coefficient (Wildman–Crippen LogP) is 2.12. The normalized spacial score (nSPS) is 19.4. The Balaban J connectivity index is 1.50. The van der Waals surface area contributed by atoms with Crippen LogP contribution in [0.1, 0.15) is 42.8 Å². The molecule has 0 bridgehead atoms. The molecule has 0 saturated carbocycles. The summed E-state index contributed by atoms with van der Waals surface area (Å²) in [7, 11) is -3.76. The third-order valence-electron chi connectivity index (χ3n) is 6.55. The van der Waals surface area contributed by atoms with Gasteiger partial charge in [-0.05, 0) is 30.9 Å². The summed E-state index contributed by atoms with van der Waals surface area (Å²) >= 11 is 0. The second-order valence-electron chi connectivity index (χ2n) is 9.49. The van der Waals surface area contributed by atoms with Crippen molar-refractivity contribution in [2.45, 2.75) is 58.0 Å². The van der Waals surface area contributed by atoms with Crippen LogP contribution in [0.3, 0.4) is 0 Å². The van der Waals surface area contributed by atoms with Crippen LogP contribution >= 0.6 is 0 Å². The molecule has 34 heavy (non-hydrogen) atoms. The molecule has 1 saturated heterocycles. The number of amides is 2. The fourth-order valence-corrected chi connectivity index (χ4v) is 6.52. The van der Waals surface area contributed by atoms with E-state index in [2.05, 4.69) is 5.16 Å². The van der Waals surface area contributed by atoms with Gasteiger partial charge in [-0.1, -0.05) is 43.3 Å². The van der Waals surface area contributed by atoms with Crippen molar-refractivity contribution in [3.05, 3.63) is 46.8 Å². The number of sulfonamides is 1. The molecule has 4 rings (SSSR count). The molecule has 1 unspecified atom stereocenters. The van der Waals surface area contributed by atoms with E-state index in [1.165, 1.54) is 4.31 Å². The quantitative estimate of drug-likeness (QED) is 0.639. The van der Waals surface area contributed by atoms with Crippen molar-refractivity contribution < 1.29 is 22.5 Å². The first-order valence-electron chi connectivity index (χ1n) is 11.7. The second kappa shape index (κ2) is 9.50. The molecule has 0 aliphatic carbocycles. The molecule has 2 aliphatic rings. The minimum absolute atomic E-state index is 0.0255. The van der Waals surface area contributed by atoms with E-state index in [4.69, 9.17) is 4.52 Å². The number of benzene rings is 1. The molecule has 1 aromatic heterocycles. The highest BCUT2D eigenvalue weighted by Crippen LogP contribution is 2.28. The fourth-order valence-electron chi connectivity index (χ4n) is 4.80. The number of rotatable bonds is 5. The molecule has 184 valence electrons. The molecule has 2 amide bonds. The van der Waals surface area contributed by atoms with E-state index >= 15 is 0 Å². The average molecular weight is 489 g/mol. The zero-order valence-corrected chi connectivity index (χ0v) is 21.0. The van der Waals surface area contributed by atoms with Crippen LogP contribution in [0.4, 0.5) is 0 Å². The van der Waals surface area contributed by atoms with E-state index in [0.29, 0.717) is 25.1 Å². The maximum atomic E-state index is 13.6. The number of nitrogens with zero attached hydrogens (tertiary/aromatic N) is 4. The highest BCUT2D eigenvalue weighted by molar-refractivity contribution is 7.89. The molecular weight excluding hydrogens is 456 g/mol. The van der Waals surface area contributed by atoms with Gasteiger partial charge < -0.3 is 14.3 Å². The Kier molecular flexibility index (Phi) is 6.82. The Morgan fingerprint density at radius 2 is 1.74 bits per heavy atom. The van der Waals surface area contributed by atoms with Gasteiger partial charge >= 0.3 is 0 Å². The lowest BCUT2D eigenvalue weighted by Gasteiger charge is -2.41. The zero-order chi connectivity index (χ0) is 24.6. The predicted molar refractivity (Wildman–Crippen MR) is 125 cm³/mol. The van der Waals surface area contributed by atoms with Crippen LogP contribution < -0.4 is 0 Å². The Morgan fingerprint density at radius 3 is 2.32 bits per heavy atom. The maximum Gasteiger partial charge on any atom is 0.248 e. The SMILES string of the molecule is Cc1noc(C)c1S(=O)(=O)N1CCN(C(=O)C2Cc3ccccc3CN2C(=O)CC(C)C)CC1. The van der Waals surface area contributed by atoms with Crippen molar-refractivity contribution in [2.75, 3.05) is 26.2 Å². The lowest BCUT2D eigenvalue weighted by Crippen LogP contribution is -2.58. The standard InChI is InChI=1S/C24H32N4O5S/c1-16(2)13-22(29)28-15-20-8-6-5-7-19(20)14-21(28)24(30)26-9-11-27(12-10-26)34(31,32)23-17(3)25-33-18(23)4/h5-8,16,21H,9-15H2,1-4H3. The first-order valence-corrected chi connectivity index (χ1v) is 13.1. The van der Waals surface area contributed by atoms with E-state index in [1.807, 2.05) is 38.1 Å². The highest BCUT2D eigenvalue weighted by Gasteiger charge is 2.39. The van der Waals surface area contributed by atoms with Gasteiger partial charge in [0.1, 0.15) is 16.6 Å². The second-order valence-corrected chi connectivity index (χ2v) is 11.4. The lowest BCUT2D eigenvalue weighted by molar-refractivity contribution is -0.148. The van der Waals surface area contributed by atoms with Gasteiger partial charge in [0.15, 0.2) is 5.76 Å². The number of carbonyl (C=O) groups excluding carboxylic acids is 2. The van der Waals surface area contributed by atoms with Crippen molar-refractivity contribution in [3.8, 4) is 0 Å². The van der Waals surface area contributed by atoms with Gasteiger partial charge in [-0.2, -0.15) is 4.31 Å². The van der Waals surface area contributed by atoms with E-state index in [-0.39, 0.29) is 54.6 Å². The molecule has 0 N–H and O–H groups in total. The molecule has 2 aromatic rings. The Bertz CT molecular complexity index is 1160. The van der Waals surface area contributed by atoms with Gasteiger partial charge in [-0.15, -0.1) is 0 Å². The van der Waals surface area contributed by atoms with E-state index in [1.54, 1.807) is 23.6 Å². The molecule has 0 spiro atoms. The summed E-state index contributed by atoms with van der Waals surface area (Å²) in [4.78, 5) is 30.1. The van der Waals surface area contributed by atoms with Crippen molar-refractivity contribution in [3.63, 3.8) is 0 Å². The zero-order valence-electron chi connectivity index (χ0n) is 20.2. The topological polar surface area (TPSA) is 104 Å². The summed E-state index contributed by atoms with van der Waals surface area (Å²) in [6.45, 7) is 8.48. The highest BCUT2D eigenvalue weighted by atomic mass is 32.2. The third-order valence-corrected chi connectivity index (χ3v) is 8.70. The molecule has 0 radical (unpaired) electrons. The van der Waals surface area contributed by atoms with Gasteiger partial charge in [0.2, 0.25) is 21.8 Å². The number of hydrogen-bond donors (Lipinski definition) is 0. The average Bonchev–Trinajstić information content (AvgIpc) is 3.15. The lowest BCUT2D eigenvalue weighted by atomic mass is 9.92. The van der Waals surface area contributed by atoms with Gasteiger partial charge in [-0.25, -0.2) is 8.42 Å². The number of carbonyl (C=O) groups is 2. The summed E-state index contributed by atoms with van der Waals surface area (Å²) in [6.07, 6.45) is 0.853. The first-order chi connectivity index (χ1) is 16.1. The van der Waals surface area contributed by atoms with Crippen LogP contribution in [-0.4, -0.2) is 71.7 Å². The Morgan fingerprint density at radius 1 is 1.09 bits per heavy atom. The van der Waals surface area contributed by atoms with Gasteiger partial charge in [0.05, 0.1) is 0 Å². The van der Waals surface area contributed by atoms with Crippen LogP contribution in [0, 0.1) is 19.8 Å². The van der Waals surface area contributed by atoms with Crippen LogP contribution in [0.15, 0.2) is 33.7 Å². The Hall–Kier alpha value is -2.72. The fraction of sp³-hybridized carbons (Fsp3) is 0.542. The number of piperazine rings is 1. The maximum absolute atomic E-state index is 13.6. The van der Waals surface area contributed by atoms with Crippen molar-refractivity contribution in [2.24, 2.45) is 5.92 Å². The van der Waals surface area contributed by atoms with Gasteiger partial charge in [-0.3, -0.25) is 9.59 Å². The molecule has 3 heterocycles. The molecule has 1 aromatic carbocycles. The van der Waals surface area contributed by atoms with E-state index < -0.39 is 16.1 Å². The van der Waals surface area contributed by atoms with Crippen LogP contribution in [-0.2, 0) is 32.6 Å². The summed E-state index contributed by atoms with van der Waals surface area (Å²) in [6, 6.07) is 7.33. The van der Waals surface area contributed by atoms with Crippen LogP contribution in [0.25, 0.3) is 0 Å². The minimum atomic E-state index is -3.76. The summed E-state index contributed by atoms with van der Waals surface area (Å²) in [5.74, 6) is 0.304. The number of aryl methyl sites for hydroxylation is 2. The van der Waals surface area contributed by atoms with Gasteiger partial charge in [0.25, 0.3) is 0 Å². The van der Waals surface area contributed by atoms with Crippen molar-refractivity contribution >= 4 is 21.8 Å². The van der Waals surface area contributed by atoms with Crippen LogP contribution in [0.5, 0.6) is 0 Å². The minimum Gasteiger partial charge on any atom is -0.360 e. The molecule has 9 nitrogen and oxygen atoms in total. The van der Waals surface area contributed by atoms with Gasteiger partial charge in [0, 0.05) is 45.6 Å². The third kappa shape index (κ3) is 4.61. The molecular formula is C24H32N4O5S. The number of aromatic nitrogens is 1. The summed E-state index contributed by atoms with van der Waals surface area (Å²) < 4.78 is 32.7. The van der Waals surface area contributed by atoms with E-state index in [9.17, 15) is 18.0 Å². The number of hydrogen-bond acceptors (Lipinski definition) is 6. The molecule has 10 heteroatoms. The Labute approximate surface area is 200 Å².